The van der Waals surface area contributed by atoms with Gasteiger partial charge in [-0.3, -0.25) is 0 Å². The Balaban J connectivity index is 1.67. The molecule has 8 heteroatoms. The SMILES string of the molecule is CN1CCC(Cn2nc(Oc3cccc(Cl)c3)c3c(N)ncnc32)CC1. The molecule has 0 spiro atoms. The van der Waals surface area contributed by atoms with E-state index in [-0.39, 0.29) is 0 Å². The van der Waals surface area contributed by atoms with Crippen molar-refractivity contribution in [3.05, 3.63) is 35.6 Å². The van der Waals surface area contributed by atoms with Crippen molar-refractivity contribution in [1.82, 2.24) is 24.6 Å². The molecule has 0 amide bonds. The second-order valence-electron chi connectivity index (χ2n) is 6.75. The first-order chi connectivity index (χ1) is 12.6. The van der Waals surface area contributed by atoms with E-state index in [9.17, 15) is 0 Å². The molecule has 2 aromatic heterocycles. The molecule has 26 heavy (non-hydrogen) atoms. The Bertz CT molecular complexity index is 919. The lowest BCUT2D eigenvalue weighted by Gasteiger charge is -2.28. The maximum Gasteiger partial charge on any atom is 0.251 e. The zero-order valence-corrected chi connectivity index (χ0v) is 15.4. The topological polar surface area (TPSA) is 82.1 Å². The standard InChI is InChI=1S/C18H21ClN6O/c1-24-7-5-12(6-8-24)10-25-17-15(16(20)21-11-22-17)18(23-25)26-14-4-2-3-13(19)9-14/h2-4,9,11-12H,5-8,10H2,1H3,(H2,20,21,22). The molecule has 1 saturated heterocycles. The number of benzene rings is 1. The Hall–Kier alpha value is -2.38. The highest BCUT2D eigenvalue weighted by Gasteiger charge is 2.22. The third-order valence-electron chi connectivity index (χ3n) is 4.81. The van der Waals surface area contributed by atoms with Crippen molar-refractivity contribution < 1.29 is 4.74 Å². The predicted octanol–water partition coefficient (Wildman–Crippen LogP) is 3.20. The molecule has 3 heterocycles. The summed E-state index contributed by atoms with van der Waals surface area (Å²) in [6.45, 7) is 3.00. The van der Waals surface area contributed by atoms with Crippen molar-refractivity contribution in [2.45, 2.75) is 19.4 Å². The Morgan fingerprint density at radius 1 is 1.27 bits per heavy atom. The number of halogens is 1. The molecular formula is C18H21ClN6O. The number of piperidine rings is 1. The van der Waals surface area contributed by atoms with Gasteiger partial charge in [-0.25, -0.2) is 14.6 Å². The van der Waals surface area contributed by atoms with Crippen LogP contribution in [0.2, 0.25) is 5.02 Å². The number of hydrogen-bond donors (Lipinski definition) is 1. The Kier molecular flexibility index (Phi) is 4.65. The summed E-state index contributed by atoms with van der Waals surface area (Å²) in [6.07, 6.45) is 3.75. The average Bonchev–Trinajstić information content (AvgIpc) is 2.96. The van der Waals surface area contributed by atoms with Crippen LogP contribution in [0.25, 0.3) is 11.0 Å². The lowest BCUT2D eigenvalue weighted by atomic mass is 9.97. The quantitative estimate of drug-likeness (QED) is 0.757. The fraction of sp³-hybridized carbons (Fsp3) is 0.389. The highest BCUT2D eigenvalue weighted by atomic mass is 35.5. The van der Waals surface area contributed by atoms with E-state index in [1.807, 2.05) is 16.8 Å². The summed E-state index contributed by atoms with van der Waals surface area (Å²) in [5.74, 6) is 1.94. The van der Waals surface area contributed by atoms with Gasteiger partial charge >= 0.3 is 0 Å². The van der Waals surface area contributed by atoms with Crippen LogP contribution in [0.1, 0.15) is 12.8 Å². The summed E-state index contributed by atoms with van der Waals surface area (Å²) in [7, 11) is 2.16. The van der Waals surface area contributed by atoms with E-state index in [2.05, 4.69) is 27.0 Å². The van der Waals surface area contributed by atoms with Gasteiger partial charge in [0.15, 0.2) is 5.65 Å². The minimum Gasteiger partial charge on any atom is -0.437 e. The van der Waals surface area contributed by atoms with Gasteiger partial charge in [0.05, 0.1) is 0 Å². The molecule has 0 aliphatic carbocycles. The summed E-state index contributed by atoms with van der Waals surface area (Å²) in [5, 5.41) is 5.88. The highest BCUT2D eigenvalue weighted by Crippen LogP contribution is 2.33. The van der Waals surface area contributed by atoms with E-state index in [0.717, 1.165) is 32.5 Å². The Labute approximate surface area is 156 Å². The number of nitrogen functional groups attached to an aromatic ring is 1. The maximum atomic E-state index is 6.09. The lowest BCUT2D eigenvalue weighted by molar-refractivity contribution is 0.202. The number of fused-ring (bicyclic) bond motifs is 1. The molecule has 0 unspecified atom stereocenters. The van der Waals surface area contributed by atoms with E-state index in [1.165, 1.54) is 6.33 Å². The van der Waals surface area contributed by atoms with Gasteiger partial charge in [0, 0.05) is 11.6 Å². The summed E-state index contributed by atoms with van der Waals surface area (Å²) >= 11 is 6.05. The zero-order chi connectivity index (χ0) is 18.1. The van der Waals surface area contributed by atoms with E-state index in [0.29, 0.717) is 39.4 Å². The van der Waals surface area contributed by atoms with Crippen LogP contribution in [0.15, 0.2) is 30.6 Å². The summed E-state index contributed by atoms with van der Waals surface area (Å²) in [5.41, 5.74) is 6.79. The lowest BCUT2D eigenvalue weighted by Crippen LogP contribution is -2.32. The van der Waals surface area contributed by atoms with Crippen LogP contribution in [0.3, 0.4) is 0 Å². The number of rotatable bonds is 4. The smallest absolute Gasteiger partial charge is 0.251 e. The molecule has 0 atom stereocenters. The van der Waals surface area contributed by atoms with E-state index < -0.39 is 0 Å². The van der Waals surface area contributed by atoms with Gasteiger partial charge < -0.3 is 15.4 Å². The van der Waals surface area contributed by atoms with Crippen LogP contribution in [0.4, 0.5) is 5.82 Å². The van der Waals surface area contributed by atoms with Crippen molar-refractivity contribution in [3.8, 4) is 11.6 Å². The highest BCUT2D eigenvalue weighted by molar-refractivity contribution is 6.30. The van der Waals surface area contributed by atoms with Crippen molar-refractivity contribution in [2.75, 3.05) is 25.9 Å². The molecule has 136 valence electrons. The zero-order valence-electron chi connectivity index (χ0n) is 14.6. The number of nitrogens with zero attached hydrogens (tertiary/aromatic N) is 5. The molecule has 1 fully saturated rings. The van der Waals surface area contributed by atoms with Crippen molar-refractivity contribution in [2.24, 2.45) is 5.92 Å². The van der Waals surface area contributed by atoms with Gasteiger partial charge in [-0.15, -0.1) is 5.10 Å². The van der Waals surface area contributed by atoms with Gasteiger partial charge in [0.25, 0.3) is 5.88 Å². The van der Waals surface area contributed by atoms with E-state index >= 15 is 0 Å². The second kappa shape index (κ2) is 7.09. The minimum absolute atomic E-state index is 0.363. The summed E-state index contributed by atoms with van der Waals surface area (Å²) in [6, 6.07) is 7.19. The Morgan fingerprint density at radius 3 is 2.85 bits per heavy atom. The molecule has 0 radical (unpaired) electrons. The van der Waals surface area contributed by atoms with Crippen LogP contribution >= 0.6 is 11.6 Å². The molecule has 7 nitrogen and oxygen atoms in total. The number of nitrogens with two attached hydrogens (primary N) is 1. The van der Waals surface area contributed by atoms with E-state index in [1.54, 1.807) is 12.1 Å². The molecule has 1 aliphatic heterocycles. The Morgan fingerprint density at radius 2 is 2.08 bits per heavy atom. The average molecular weight is 373 g/mol. The number of aromatic nitrogens is 4. The molecule has 1 aromatic carbocycles. The minimum atomic E-state index is 0.363. The van der Waals surface area contributed by atoms with Crippen LogP contribution in [0.5, 0.6) is 11.6 Å². The fourth-order valence-corrected chi connectivity index (χ4v) is 3.51. The molecule has 1 aliphatic rings. The number of hydrogen-bond acceptors (Lipinski definition) is 6. The van der Waals surface area contributed by atoms with Crippen LogP contribution in [0, 0.1) is 5.92 Å². The number of anilines is 1. The second-order valence-corrected chi connectivity index (χ2v) is 7.19. The van der Waals surface area contributed by atoms with Crippen LogP contribution in [-0.2, 0) is 6.54 Å². The summed E-state index contributed by atoms with van der Waals surface area (Å²) in [4.78, 5) is 10.8. The molecule has 4 rings (SSSR count). The first kappa shape index (κ1) is 17.1. The van der Waals surface area contributed by atoms with Gasteiger partial charge in [-0.1, -0.05) is 17.7 Å². The van der Waals surface area contributed by atoms with Crippen LogP contribution in [-0.4, -0.2) is 44.8 Å². The first-order valence-corrected chi connectivity index (χ1v) is 9.07. The number of likely N-dealkylation sites (tertiary alicyclic amines) is 1. The van der Waals surface area contributed by atoms with Crippen LogP contribution < -0.4 is 10.5 Å². The van der Waals surface area contributed by atoms with Gasteiger partial charge in [0.1, 0.15) is 23.3 Å². The largest absolute Gasteiger partial charge is 0.437 e. The number of ether oxygens (including phenoxy) is 1. The maximum absolute atomic E-state index is 6.09. The van der Waals surface area contributed by atoms with Gasteiger partial charge in [-0.05, 0) is 57.1 Å². The monoisotopic (exact) mass is 372 g/mol. The molecule has 3 aromatic rings. The first-order valence-electron chi connectivity index (χ1n) is 8.69. The predicted molar refractivity (Wildman–Crippen MR) is 101 cm³/mol. The summed E-state index contributed by atoms with van der Waals surface area (Å²) < 4.78 is 7.85. The third-order valence-corrected chi connectivity index (χ3v) is 5.04. The van der Waals surface area contributed by atoms with Crippen molar-refractivity contribution in [1.29, 1.82) is 0 Å². The fourth-order valence-electron chi connectivity index (χ4n) is 3.33. The van der Waals surface area contributed by atoms with Gasteiger partial charge in [0.2, 0.25) is 0 Å². The van der Waals surface area contributed by atoms with Gasteiger partial charge in [-0.2, -0.15) is 0 Å². The van der Waals surface area contributed by atoms with E-state index in [4.69, 9.17) is 22.1 Å². The molecule has 2 N–H and O–H groups in total. The molecular weight excluding hydrogens is 352 g/mol. The third kappa shape index (κ3) is 3.45. The van der Waals surface area contributed by atoms with Crippen molar-refractivity contribution >= 4 is 28.5 Å². The molecule has 0 saturated carbocycles. The molecule has 0 bridgehead atoms. The van der Waals surface area contributed by atoms with Crippen molar-refractivity contribution in [3.63, 3.8) is 0 Å². The normalized spacial score (nSPS) is 16.2.